The molecule has 0 fully saturated rings. The van der Waals surface area contributed by atoms with Crippen molar-refractivity contribution in [3.05, 3.63) is 83.9 Å². The molecule has 0 heterocycles. The first kappa shape index (κ1) is 32.7. The Morgan fingerprint density at radius 2 is 0.976 bits per heavy atom. The first-order chi connectivity index (χ1) is 20.5. The fourth-order valence-corrected chi connectivity index (χ4v) is 4.49. The highest BCUT2D eigenvalue weighted by molar-refractivity contribution is 5.92. The van der Waals surface area contributed by atoms with E-state index in [1.807, 2.05) is 12.1 Å². The molecule has 0 spiro atoms. The molecule has 0 saturated heterocycles. The lowest BCUT2D eigenvalue weighted by Gasteiger charge is -2.15. The SMILES string of the molecule is CCCCCCCCOc1ccc(C(=O)Oc2ccc(C(=O)Oc3ccc(O[C@H](C)CCCCCC)cc3)cc2)cc1. The number of rotatable bonds is 19. The van der Waals surface area contributed by atoms with Gasteiger partial charge in [-0.1, -0.05) is 65.2 Å². The largest absolute Gasteiger partial charge is 0.494 e. The monoisotopic (exact) mass is 574 g/mol. The molecule has 0 aromatic heterocycles. The van der Waals surface area contributed by atoms with Gasteiger partial charge in [-0.15, -0.1) is 0 Å². The van der Waals surface area contributed by atoms with E-state index < -0.39 is 11.9 Å². The van der Waals surface area contributed by atoms with Crippen molar-refractivity contribution in [2.24, 2.45) is 0 Å². The van der Waals surface area contributed by atoms with Crippen molar-refractivity contribution in [2.45, 2.75) is 97.5 Å². The summed E-state index contributed by atoms with van der Waals surface area (Å²) in [5.41, 5.74) is 0.770. The van der Waals surface area contributed by atoms with Gasteiger partial charge in [0.25, 0.3) is 0 Å². The van der Waals surface area contributed by atoms with Crippen LogP contribution in [-0.2, 0) is 0 Å². The van der Waals surface area contributed by atoms with E-state index in [4.69, 9.17) is 18.9 Å². The number of esters is 2. The second kappa shape index (κ2) is 18.6. The minimum atomic E-state index is -0.498. The number of unbranched alkanes of at least 4 members (excludes halogenated alkanes) is 8. The van der Waals surface area contributed by atoms with Crippen LogP contribution in [-0.4, -0.2) is 24.6 Å². The third kappa shape index (κ3) is 12.0. The van der Waals surface area contributed by atoms with Crippen molar-refractivity contribution >= 4 is 11.9 Å². The zero-order valence-corrected chi connectivity index (χ0v) is 25.4. The van der Waals surface area contributed by atoms with Crippen LogP contribution in [0.2, 0.25) is 0 Å². The van der Waals surface area contributed by atoms with E-state index in [1.54, 1.807) is 60.7 Å². The van der Waals surface area contributed by atoms with Crippen LogP contribution in [0.3, 0.4) is 0 Å². The Kier molecular flexibility index (Phi) is 14.5. The van der Waals surface area contributed by atoms with Gasteiger partial charge in [0, 0.05) is 0 Å². The van der Waals surface area contributed by atoms with Gasteiger partial charge in [-0.05, 0) is 99.0 Å². The molecule has 0 bridgehead atoms. The second-order valence-corrected chi connectivity index (χ2v) is 10.7. The van der Waals surface area contributed by atoms with Crippen molar-refractivity contribution in [1.29, 1.82) is 0 Å². The summed E-state index contributed by atoms with van der Waals surface area (Å²) in [4.78, 5) is 25.2. The molecule has 6 heteroatoms. The predicted octanol–water partition coefficient (Wildman–Crippen LogP) is 9.60. The zero-order valence-electron chi connectivity index (χ0n) is 25.4. The Hall–Kier alpha value is -3.80. The number of hydrogen-bond donors (Lipinski definition) is 0. The van der Waals surface area contributed by atoms with Crippen LogP contribution < -0.4 is 18.9 Å². The maximum Gasteiger partial charge on any atom is 0.343 e. The zero-order chi connectivity index (χ0) is 30.0. The maximum atomic E-state index is 12.6. The summed E-state index contributed by atoms with van der Waals surface area (Å²) in [5.74, 6) is 1.27. The molecule has 3 aromatic carbocycles. The average molecular weight is 575 g/mol. The molecule has 0 aliphatic rings. The number of hydrogen-bond acceptors (Lipinski definition) is 6. The van der Waals surface area contributed by atoms with Crippen LogP contribution >= 0.6 is 0 Å². The lowest BCUT2D eigenvalue weighted by Crippen LogP contribution is -2.12. The molecule has 0 unspecified atom stereocenters. The Labute approximate surface area is 251 Å². The lowest BCUT2D eigenvalue weighted by atomic mass is 10.1. The molecular weight excluding hydrogens is 528 g/mol. The van der Waals surface area contributed by atoms with Crippen LogP contribution in [0.4, 0.5) is 0 Å². The summed E-state index contributed by atoms with van der Waals surface area (Å²) in [6.45, 7) is 7.16. The lowest BCUT2D eigenvalue weighted by molar-refractivity contribution is 0.0730. The Morgan fingerprint density at radius 1 is 0.548 bits per heavy atom. The Balaban J connectivity index is 1.41. The van der Waals surface area contributed by atoms with E-state index in [2.05, 4.69) is 20.8 Å². The topological polar surface area (TPSA) is 71.1 Å². The van der Waals surface area contributed by atoms with Crippen molar-refractivity contribution in [1.82, 2.24) is 0 Å². The highest BCUT2D eigenvalue weighted by Gasteiger charge is 2.13. The van der Waals surface area contributed by atoms with Crippen molar-refractivity contribution < 1.29 is 28.5 Å². The normalized spacial score (nSPS) is 11.5. The average Bonchev–Trinajstić information content (AvgIpc) is 3.00. The van der Waals surface area contributed by atoms with Crippen LogP contribution in [0.15, 0.2) is 72.8 Å². The second-order valence-electron chi connectivity index (χ2n) is 10.7. The molecule has 0 radical (unpaired) electrons. The standard InChI is InChI=1S/C36H46O6/c1-4-6-8-10-11-13-27-39-31-19-15-29(16-20-31)35(37)41-33-21-17-30(18-22-33)36(38)42-34-25-23-32(24-26-34)40-28(3)14-12-9-7-5-2/h15-26,28H,4-14,27H2,1-3H3/t28-/m1/s1. The Morgan fingerprint density at radius 3 is 1.52 bits per heavy atom. The van der Waals surface area contributed by atoms with Gasteiger partial charge in [0.05, 0.1) is 23.8 Å². The summed E-state index contributed by atoms with van der Waals surface area (Å²) >= 11 is 0. The molecule has 6 nitrogen and oxygen atoms in total. The number of carbonyl (C=O) groups excluding carboxylic acids is 2. The number of ether oxygens (including phenoxy) is 4. The Bertz CT molecular complexity index is 1190. The maximum absolute atomic E-state index is 12.6. The van der Waals surface area contributed by atoms with E-state index in [-0.39, 0.29) is 6.10 Å². The van der Waals surface area contributed by atoms with Gasteiger partial charge in [0.2, 0.25) is 0 Å². The molecule has 0 aliphatic heterocycles. The predicted molar refractivity (Wildman–Crippen MR) is 167 cm³/mol. The van der Waals surface area contributed by atoms with E-state index >= 15 is 0 Å². The van der Waals surface area contributed by atoms with Crippen LogP contribution in [0.25, 0.3) is 0 Å². The molecule has 3 aromatic rings. The number of benzene rings is 3. The summed E-state index contributed by atoms with van der Waals surface area (Å²) in [6, 6.07) is 20.3. The number of carbonyl (C=O) groups is 2. The fourth-order valence-electron chi connectivity index (χ4n) is 4.49. The van der Waals surface area contributed by atoms with Crippen molar-refractivity contribution in [3.63, 3.8) is 0 Å². The van der Waals surface area contributed by atoms with E-state index in [9.17, 15) is 9.59 Å². The summed E-state index contributed by atoms with van der Waals surface area (Å²) < 4.78 is 22.7. The third-order valence-corrected chi connectivity index (χ3v) is 6.99. The minimum Gasteiger partial charge on any atom is -0.494 e. The molecular formula is C36H46O6. The summed E-state index contributed by atoms with van der Waals surface area (Å²) in [6.07, 6.45) is 13.3. The van der Waals surface area contributed by atoms with Crippen molar-refractivity contribution in [3.8, 4) is 23.0 Å². The molecule has 3 rings (SSSR count). The molecule has 0 amide bonds. The minimum absolute atomic E-state index is 0.135. The fraction of sp³-hybridized carbons (Fsp3) is 0.444. The van der Waals surface area contributed by atoms with Crippen LogP contribution in [0, 0.1) is 0 Å². The van der Waals surface area contributed by atoms with Crippen LogP contribution in [0.1, 0.15) is 112 Å². The van der Waals surface area contributed by atoms with Gasteiger partial charge in [-0.2, -0.15) is 0 Å². The van der Waals surface area contributed by atoms with E-state index in [0.717, 1.165) is 30.8 Å². The third-order valence-electron chi connectivity index (χ3n) is 6.99. The van der Waals surface area contributed by atoms with Gasteiger partial charge < -0.3 is 18.9 Å². The highest BCUT2D eigenvalue weighted by atomic mass is 16.5. The highest BCUT2D eigenvalue weighted by Crippen LogP contribution is 2.22. The quantitative estimate of drug-likeness (QED) is 0.0806. The van der Waals surface area contributed by atoms with Gasteiger partial charge in [0.1, 0.15) is 23.0 Å². The summed E-state index contributed by atoms with van der Waals surface area (Å²) in [5, 5.41) is 0. The van der Waals surface area contributed by atoms with Gasteiger partial charge in [-0.3, -0.25) is 0 Å². The van der Waals surface area contributed by atoms with Gasteiger partial charge >= 0.3 is 11.9 Å². The molecule has 226 valence electrons. The first-order valence-corrected chi connectivity index (χ1v) is 15.5. The van der Waals surface area contributed by atoms with E-state index in [1.165, 1.54) is 51.4 Å². The summed E-state index contributed by atoms with van der Waals surface area (Å²) in [7, 11) is 0. The first-order valence-electron chi connectivity index (χ1n) is 15.5. The smallest absolute Gasteiger partial charge is 0.343 e. The van der Waals surface area contributed by atoms with Gasteiger partial charge in [0.15, 0.2) is 0 Å². The van der Waals surface area contributed by atoms with Crippen molar-refractivity contribution in [2.75, 3.05) is 6.61 Å². The molecule has 42 heavy (non-hydrogen) atoms. The van der Waals surface area contributed by atoms with Crippen LogP contribution in [0.5, 0.6) is 23.0 Å². The molecule has 1 atom stereocenters. The molecule has 0 aliphatic carbocycles. The molecule has 0 N–H and O–H groups in total. The van der Waals surface area contributed by atoms with Gasteiger partial charge in [-0.25, -0.2) is 9.59 Å². The molecule has 0 saturated carbocycles. The van der Waals surface area contributed by atoms with E-state index in [0.29, 0.717) is 29.2 Å².